The first-order valence-electron chi connectivity index (χ1n) is 8.92. The van der Waals surface area contributed by atoms with Crippen LogP contribution in [0.25, 0.3) is 6.08 Å². The number of phenols is 1. The van der Waals surface area contributed by atoms with Crippen molar-refractivity contribution in [3.05, 3.63) is 59.0 Å². The number of para-hydroxylation sites is 1. The number of rotatable bonds is 7. The average molecular weight is 398 g/mol. The number of hydrogen-bond donors (Lipinski definition) is 1. The van der Waals surface area contributed by atoms with Gasteiger partial charge >= 0.3 is 0 Å². The number of carbonyl (C=O) groups is 1. The monoisotopic (exact) mass is 398 g/mol. The fraction of sp³-hybridized carbons (Fsp3) is 0.238. The maximum atomic E-state index is 12.9. The Balaban J connectivity index is 1.92. The smallest absolute Gasteiger partial charge is 0.266 e. The number of amides is 1. The van der Waals surface area contributed by atoms with Gasteiger partial charge in [-0.15, -0.1) is 0 Å². The van der Waals surface area contributed by atoms with Crippen LogP contribution in [0.2, 0.25) is 0 Å². The molecule has 1 amide bonds. The highest BCUT2D eigenvalue weighted by Crippen LogP contribution is 2.35. The lowest BCUT2D eigenvalue weighted by molar-refractivity contribution is -0.122. The Morgan fingerprint density at radius 3 is 2.71 bits per heavy atom. The number of benzene rings is 2. The van der Waals surface area contributed by atoms with Crippen molar-refractivity contribution in [2.24, 2.45) is 4.99 Å². The molecule has 0 unspecified atom stereocenters. The number of ether oxygens (including phenoxy) is 2. The van der Waals surface area contributed by atoms with Crippen LogP contribution in [0.15, 0.2) is 58.4 Å². The Morgan fingerprint density at radius 2 is 2.00 bits per heavy atom. The number of phenolic OH excluding ortho intramolecular Hbond substituents is 1. The minimum absolute atomic E-state index is 0.0717. The highest BCUT2D eigenvalue weighted by molar-refractivity contribution is 8.18. The molecule has 7 heteroatoms. The van der Waals surface area contributed by atoms with Gasteiger partial charge in [-0.1, -0.05) is 24.3 Å². The molecule has 1 aliphatic heterocycles. The van der Waals surface area contributed by atoms with E-state index in [1.54, 1.807) is 36.3 Å². The zero-order valence-corrected chi connectivity index (χ0v) is 16.6. The van der Waals surface area contributed by atoms with Crippen LogP contribution in [0, 0.1) is 0 Å². The fourth-order valence-electron chi connectivity index (χ4n) is 2.63. The number of amidine groups is 1. The summed E-state index contributed by atoms with van der Waals surface area (Å²) in [6, 6.07) is 14.5. The van der Waals surface area contributed by atoms with E-state index < -0.39 is 0 Å². The van der Waals surface area contributed by atoms with E-state index in [2.05, 4.69) is 4.99 Å². The third-order valence-corrected chi connectivity index (χ3v) is 4.98. The first-order chi connectivity index (χ1) is 13.6. The van der Waals surface area contributed by atoms with Crippen molar-refractivity contribution in [1.29, 1.82) is 0 Å². The number of nitrogens with zero attached hydrogens (tertiary/aromatic N) is 2. The molecule has 0 atom stereocenters. The summed E-state index contributed by atoms with van der Waals surface area (Å²) >= 11 is 1.32. The van der Waals surface area contributed by atoms with Gasteiger partial charge in [0.15, 0.2) is 16.7 Å². The number of aliphatic imine (C=N–C) groups is 1. The van der Waals surface area contributed by atoms with Crippen molar-refractivity contribution >= 4 is 34.6 Å². The lowest BCUT2D eigenvalue weighted by atomic mass is 10.2. The number of thioether (sulfide) groups is 1. The summed E-state index contributed by atoms with van der Waals surface area (Å²) in [5.74, 6) is 0.340. The predicted molar refractivity (Wildman–Crippen MR) is 112 cm³/mol. The molecule has 1 aliphatic rings. The summed E-state index contributed by atoms with van der Waals surface area (Å²) in [5, 5.41) is 10.5. The third kappa shape index (κ3) is 4.74. The summed E-state index contributed by atoms with van der Waals surface area (Å²) in [6.07, 6.45) is 1.78. The highest BCUT2D eigenvalue weighted by atomic mass is 32.2. The van der Waals surface area contributed by atoms with Crippen molar-refractivity contribution in [3.63, 3.8) is 0 Å². The first-order valence-corrected chi connectivity index (χ1v) is 9.74. The van der Waals surface area contributed by atoms with Crippen LogP contribution in [0.4, 0.5) is 5.69 Å². The second kappa shape index (κ2) is 9.43. The average Bonchev–Trinajstić information content (AvgIpc) is 2.98. The van der Waals surface area contributed by atoms with E-state index in [9.17, 15) is 9.90 Å². The Bertz CT molecular complexity index is 897. The van der Waals surface area contributed by atoms with Crippen LogP contribution in [-0.2, 0) is 9.53 Å². The Labute approximate surface area is 168 Å². The second-order valence-corrected chi connectivity index (χ2v) is 6.96. The first kappa shape index (κ1) is 20.0. The van der Waals surface area contributed by atoms with Gasteiger partial charge in [0.05, 0.1) is 30.4 Å². The molecule has 0 saturated carbocycles. The van der Waals surface area contributed by atoms with E-state index in [0.29, 0.717) is 35.6 Å². The van der Waals surface area contributed by atoms with E-state index in [1.807, 2.05) is 37.3 Å². The predicted octanol–water partition coefficient (Wildman–Crippen LogP) is 4.04. The zero-order chi connectivity index (χ0) is 19.9. The maximum Gasteiger partial charge on any atom is 0.266 e. The van der Waals surface area contributed by atoms with E-state index in [-0.39, 0.29) is 11.7 Å². The second-order valence-electron chi connectivity index (χ2n) is 5.95. The third-order valence-electron chi connectivity index (χ3n) is 3.97. The van der Waals surface area contributed by atoms with Gasteiger partial charge in [-0.25, -0.2) is 4.99 Å². The minimum atomic E-state index is -0.122. The molecule has 6 nitrogen and oxygen atoms in total. The molecule has 3 rings (SSSR count). The Kier molecular flexibility index (Phi) is 6.73. The van der Waals surface area contributed by atoms with Crippen molar-refractivity contribution in [2.45, 2.75) is 6.92 Å². The van der Waals surface area contributed by atoms with Gasteiger partial charge in [-0.2, -0.15) is 0 Å². The summed E-state index contributed by atoms with van der Waals surface area (Å²) < 4.78 is 10.6. The molecule has 0 radical (unpaired) electrons. The van der Waals surface area contributed by atoms with Crippen molar-refractivity contribution in [2.75, 3.05) is 26.9 Å². The number of carbonyl (C=O) groups excluding carboxylic acids is 1. The van der Waals surface area contributed by atoms with Gasteiger partial charge in [0, 0.05) is 7.11 Å². The highest BCUT2D eigenvalue weighted by Gasteiger charge is 2.33. The van der Waals surface area contributed by atoms with Crippen LogP contribution in [-0.4, -0.2) is 47.9 Å². The van der Waals surface area contributed by atoms with Gasteiger partial charge in [0.2, 0.25) is 0 Å². The molecule has 28 heavy (non-hydrogen) atoms. The molecule has 0 spiro atoms. The standard InChI is InChI=1S/C21H22N2O4S/c1-3-27-18-13-15(9-10-17(18)24)14-19-20(25)23(11-12-26-2)21(28-19)22-16-7-5-4-6-8-16/h4-10,13-14,24H,3,11-12H2,1-2H3/b19-14-,22-21?. The molecule has 1 saturated heterocycles. The number of hydrogen-bond acceptors (Lipinski definition) is 6. The lowest BCUT2D eigenvalue weighted by Gasteiger charge is -2.14. The Morgan fingerprint density at radius 1 is 1.21 bits per heavy atom. The summed E-state index contributed by atoms with van der Waals surface area (Å²) in [7, 11) is 1.60. The van der Waals surface area contributed by atoms with E-state index in [0.717, 1.165) is 11.3 Å². The van der Waals surface area contributed by atoms with Gasteiger partial charge < -0.3 is 14.6 Å². The normalized spacial score (nSPS) is 16.9. The van der Waals surface area contributed by atoms with Gasteiger partial charge in [0.1, 0.15) is 0 Å². The van der Waals surface area contributed by atoms with Crippen LogP contribution in [0.3, 0.4) is 0 Å². The zero-order valence-electron chi connectivity index (χ0n) is 15.8. The van der Waals surface area contributed by atoms with Gasteiger partial charge in [-0.3, -0.25) is 9.69 Å². The summed E-state index contributed by atoms with van der Waals surface area (Å²) in [6.45, 7) is 3.13. The molecule has 0 bridgehead atoms. The summed E-state index contributed by atoms with van der Waals surface area (Å²) in [5.41, 5.74) is 1.55. The van der Waals surface area contributed by atoms with Gasteiger partial charge in [0.25, 0.3) is 5.91 Å². The van der Waals surface area contributed by atoms with E-state index in [4.69, 9.17) is 9.47 Å². The molecule has 0 aliphatic carbocycles. The number of methoxy groups -OCH3 is 1. The number of aromatic hydroxyl groups is 1. The van der Waals surface area contributed by atoms with E-state index >= 15 is 0 Å². The van der Waals surface area contributed by atoms with Crippen molar-refractivity contribution in [1.82, 2.24) is 4.90 Å². The molecule has 1 N–H and O–H groups in total. The van der Waals surface area contributed by atoms with Crippen molar-refractivity contribution < 1.29 is 19.4 Å². The Hall–Kier alpha value is -2.77. The van der Waals surface area contributed by atoms with Crippen LogP contribution < -0.4 is 4.74 Å². The molecule has 2 aromatic rings. The van der Waals surface area contributed by atoms with Crippen LogP contribution in [0.5, 0.6) is 11.5 Å². The van der Waals surface area contributed by atoms with Crippen LogP contribution in [0.1, 0.15) is 12.5 Å². The van der Waals surface area contributed by atoms with Gasteiger partial charge in [-0.05, 0) is 54.6 Å². The molecule has 0 aromatic heterocycles. The molecule has 2 aromatic carbocycles. The lowest BCUT2D eigenvalue weighted by Crippen LogP contribution is -2.32. The molecule has 146 valence electrons. The maximum absolute atomic E-state index is 12.9. The van der Waals surface area contributed by atoms with Crippen LogP contribution >= 0.6 is 11.8 Å². The SMILES string of the molecule is CCOc1cc(/C=C2\SC(=Nc3ccccc3)N(CCOC)C2=O)ccc1O. The molecular formula is C21H22N2O4S. The molecule has 1 heterocycles. The minimum Gasteiger partial charge on any atom is -0.504 e. The largest absolute Gasteiger partial charge is 0.504 e. The topological polar surface area (TPSA) is 71.4 Å². The molecule has 1 fully saturated rings. The van der Waals surface area contributed by atoms with Crippen molar-refractivity contribution in [3.8, 4) is 11.5 Å². The molecular weight excluding hydrogens is 376 g/mol. The fourth-order valence-corrected chi connectivity index (χ4v) is 3.65. The quantitative estimate of drug-likeness (QED) is 0.713. The van der Waals surface area contributed by atoms with E-state index in [1.165, 1.54) is 11.8 Å². The summed E-state index contributed by atoms with van der Waals surface area (Å²) in [4.78, 5) is 19.7.